The molecule has 0 unspecified atom stereocenters. The summed E-state index contributed by atoms with van der Waals surface area (Å²) in [6, 6.07) is 2.36. The van der Waals surface area contributed by atoms with E-state index in [0.717, 1.165) is 11.7 Å². The molecule has 0 bridgehead atoms. The van der Waals surface area contributed by atoms with E-state index in [9.17, 15) is 0 Å². The number of piperidine rings is 1. The van der Waals surface area contributed by atoms with E-state index in [4.69, 9.17) is 4.52 Å². The van der Waals surface area contributed by atoms with Crippen molar-refractivity contribution in [2.24, 2.45) is 4.99 Å². The van der Waals surface area contributed by atoms with Gasteiger partial charge < -0.3 is 20.1 Å². The van der Waals surface area contributed by atoms with Gasteiger partial charge in [0.1, 0.15) is 12.0 Å². The summed E-state index contributed by atoms with van der Waals surface area (Å²) >= 11 is 0. The molecule has 0 radical (unpaired) electrons. The summed E-state index contributed by atoms with van der Waals surface area (Å²) in [6.45, 7) is 6.47. The van der Waals surface area contributed by atoms with Gasteiger partial charge in [-0.05, 0) is 25.8 Å². The topological polar surface area (TPSA) is 65.7 Å². The number of hydrogen-bond donors (Lipinski definition) is 2. The summed E-state index contributed by atoms with van der Waals surface area (Å²) in [5.41, 5.74) is 0.882. The van der Waals surface area contributed by atoms with Crippen LogP contribution in [-0.2, 0) is 6.54 Å². The van der Waals surface area contributed by atoms with Crippen LogP contribution in [0, 0.1) is 0 Å². The van der Waals surface area contributed by atoms with Gasteiger partial charge in [0.15, 0.2) is 5.96 Å². The van der Waals surface area contributed by atoms with E-state index in [1.807, 2.05) is 6.07 Å². The molecule has 0 amide bonds. The Labute approximate surface area is 127 Å². The average molecular weight is 293 g/mol. The maximum atomic E-state index is 4.82. The highest BCUT2D eigenvalue weighted by Gasteiger charge is 2.19. The van der Waals surface area contributed by atoms with E-state index in [-0.39, 0.29) is 0 Å². The molecule has 2 N–H and O–H groups in total. The normalized spacial score (nSPS) is 17.9. The van der Waals surface area contributed by atoms with E-state index in [2.05, 4.69) is 32.6 Å². The smallest absolute Gasteiger partial charge is 0.191 e. The van der Waals surface area contributed by atoms with Gasteiger partial charge in [-0.15, -0.1) is 0 Å². The van der Waals surface area contributed by atoms with Crippen LogP contribution in [0.15, 0.2) is 21.8 Å². The molecule has 2 heterocycles. The van der Waals surface area contributed by atoms with Crippen molar-refractivity contribution in [3.8, 4) is 0 Å². The van der Waals surface area contributed by atoms with E-state index >= 15 is 0 Å². The summed E-state index contributed by atoms with van der Waals surface area (Å²) in [4.78, 5) is 6.84. The van der Waals surface area contributed by atoms with Gasteiger partial charge in [0.05, 0.1) is 6.54 Å². The van der Waals surface area contributed by atoms with Gasteiger partial charge in [0.2, 0.25) is 0 Å². The predicted molar refractivity (Wildman–Crippen MR) is 84.2 cm³/mol. The second kappa shape index (κ2) is 8.67. The number of aliphatic imine (C=N–C) groups is 1. The van der Waals surface area contributed by atoms with Crippen molar-refractivity contribution in [3.63, 3.8) is 0 Å². The molecule has 118 valence electrons. The largest absolute Gasteiger partial charge is 0.364 e. The van der Waals surface area contributed by atoms with E-state index in [1.54, 1.807) is 13.3 Å². The number of rotatable bonds is 6. The molecule has 21 heavy (non-hydrogen) atoms. The standard InChI is InChI=1S/C15H27N5O/c1-3-4-8-20-9-5-13(6-10-20)18-15(16-2)17-12-14-7-11-21-19-14/h7,11,13H,3-6,8-10,12H2,1-2H3,(H2,16,17,18). The molecular formula is C15H27N5O. The van der Waals surface area contributed by atoms with Crippen LogP contribution >= 0.6 is 0 Å². The Morgan fingerprint density at radius 3 is 2.90 bits per heavy atom. The maximum Gasteiger partial charge on any atom is 0.191 e. The van der Waals surface area contributed by atoms with Crippen molar-refractivity contribution < 1.29 is 4.52 Å². The monoisotopic (exact) mass is 293 g/mol. The van der Waals surface area contributed by atoms with Crippen molar-refractivity contribution >= 4 is 5.96 Å². The third-order valence-corrected chi connectivity index (χ3v) is 3.91. The van der Waals surface area contributed by atoms with Gasteiger partial charge >= 0.3 is 0 Å². The molecule has 6 nitrogen and oxygen atoms in total. The van der Waals surface area contributed by atoms with E-state index in [0.29, 0.717) is 12.6 Å². The molecule has 0 aliphatic carbocycles. The van der Waals surface area contributed by atoms with Crippen LogP contribution < -0.4 is 10.6 Å². The van der Waals surface area contributed by atoms with E-state index < -0.39 is 0 Å². The average Bonchev–Trinajstić information content (AvgIpc) is 3.04. The van der Waals surface area contributed by atoms with Gasteiger partial charge in [-0.3, -0.25) is 4.99 Å². The van der Waals surface area contributed by atoms with Crippen molar-refractivity contribution in [2.75, 3.05) is 26.7 Å². The SMILES string of the molecule is CCCCN1CCC(NC(=NC)NCc2ccon2)CC1. The van der Waals surface area contributed by atoms with Gasteiger partial charge in [0, 0.05) is 32.2 Å². The molecule has 2 rings (SSSR count). The first-order chi connectivity index (χ1) is 10.3. The number of aromatic nitrogens is 1. The third kappa shape index (κ3) is 5.38. The fraction of sp³-hybridized carbons (Fsp3) is 0.733. The molecule has 6 heteroatoms. The molecular weight excluding hydrogens is 266 g/mol. The van der Waals surface area contributed by atoms with Crippen LogP contribution in [-0.4, -0.2) is 48.7 Å². The fourth-order valence-electron chi connectivity index (χ4n) is 2.57. The Bertz CT molecular complexity index is 410. The summed E-state index contributed by atoms with van der Waals surface area (Å²) in [6.07, 6.45) is 6.51. The number of unbranched alkanes of at least 4 members (excludes halogenated alkanes) is 1. The first-order valence-corrected chi connectivity index (χ1v) is 7.90. The summed E-state index contributed by atoms with van der Waals surface area (Å²) < 4.78 is 4.82. The number of hydrogen-bond acceptors (Lipinski definition) is 4. The lowest BCUT2D eigenvalue weighted by Gasteiger charge is -2.33. The first-order valence-electron chi connectivity index (χ1n) is 7.90. The van der Waals surface area contributed by atoms with Crippen molar-refractivity contribution in [1.82, 2.24) is 20.7 Å². The van der Waals surface area contributed by atoms with Crippen LogP contribution in [0.3, 0.4) is 0 Å². The summed E-state index contributed by atoms with van der Waals surface area (Å²) in [5, 5.41) is 10.6. The zero-order chi connectivity index (χ0) is 14.9. The number of nitrogens with zero attached hydrogens (tertiary/aromatic N) is 3. The van der Waals surface area contributed by atoms with Crippen LogP contribution in [0.5, 0.6) is 0 Å². The Morgan fingerprint density at radius 1 is 1.48 bits per heavy atom. The van der Waals surface area contributed by atoms with Crippen molar-refractivity contribution in [3.05, 3.63) is 18.0 Å². The molecule has 1 aliphatic rings. The van der Waals surface area contributed by atoms with Crippen molar-refractivity contribution in [2.45, 2.75) is 45.2 Å². The first kappa shape index (κ1) is 15.8. The van der Waals surface area contributed by atoms with Crippen LogP contribution in [0.1, 0.15) is 38.3 Å². The lowest BCUT2D eigenvalue weighted by molar-refractivity contribution is 0.203. The van der Waals surface area contributed by atoms with Gasteiger partial charge in [-0.25, -0.2) is 0 Å². The minimum Gasteiger partial charge on any atom is -0.364 e. The van der Waals surface area contributed by atoms with Crippen LogP contribution in [0.4, 0.5) is 0 Å². The minimum atomic E-state index is 0.506. The fourth-order valence-corrected chi connectivity index (χ4v) is 2.57. The van der Waals surface area contributed by atoms with Crippen LogP contribution in [0.25, 0.3) is 0 Å². The molecule has 1 aliphatic heterocycles. The van der Waals surface area contributed by atoms with Gasteiger partial charge in [0.25, 0.3) is 0 Å². The predicted octanol–water partition coefficient (Wildman–Crippen LogP) is 1.60. The lowest BCUT2D eigenvalue weighted by atomic mass is 10.0. The second-order valence-electron chi connectivity index (χ2n) is 5.53. The molecule has 0 saturated carbocycles. The van der Waals surface area contributed by atoms with Gasteiger partial charge in [-0.1, -0.05) is 18.5 Å². The maximum absolute atomic E-state index is 4.82. The molecule has 1 fully saturated rings. The molecule has 0 spiro atoms. The zero-order valence-corrected chi connectivity index (χ0v) is 13.1. The highest BCUT2D eigenvalue weighted by atomic mass is 16.5. The van der Waals surface area contributed by atoms with E-state index in [1.165, 1.54) is 45.3 Å². The Morgan fingerprint density at radius 2 is 2.29 bits per heavy atom. The highest BCUT2D eigenvalue weighted by Crippen LogP contribution is 2.11. The quantitative estimate of drug-likeness (QED) is 0.616. The summed E-state index contributed by atoms with van der Waals surface area (Å²) in [5.74, 6) is 0.838. The molecule has 1 saturated heterocycles. The molecule has 1 aromatic heterocycles. The second-order valence-corrected chi connectivity index (χ2v) is 5.53. The molecule has 0 aromatic carbocycles. The summed E-state index contributed by atoms with van der Waals surface area (Å²) in [7, 11) is 1.80. The lowest BCUT2D eigenvalue weighted by Crippen LogP contribution is -2.48. The Hall–Kier alpha value is -1.56. The zero-order valence-electron chi connectivity index (χ0n) is 13.1. The van der Waals surface area contributed by atoms with Gasteiger partial charge in [-0.2, -0.15) is 0 Å². The minimum absolute atomic E-state index is 0.506. The third-order valence-electron chi connectivity index (χ3n) is 3.91. The van der Waals surface area contributed by atoms with Crippen molar-refractivity contribution in [1.29, 1.82) is 0 Å². The van der Waals surface area contributed by atoms with Crippen LogP contribution in [0.2, 0.25) is 0 Å². The Balaban J connectivity index is 1.68. The number of nitrogens with one attached hydrogen (secondary N) is 2. The Kier molecular flexibility index (Phi) is 6.53. The molecule has 1 aromatic rings. The number of likely N-dealkylation sites (tertiary alicyclic amines) is 1. The highest BCUT2D eigenvalue weighted by molar-refractivity contribution is 5.79. The molecule has 0 atom stereocenters. The number of guanidine groups is 1.